The molecule has 186 valence electrons. The zero-order chi connectivity index (χ0) is 25.4. The predicted molar refractivity (Wildman–Crippen MR) is 136 cm³/mol. The number of para-hydroxylation sites is 1. The number of fused-ring (bicyclic) bond motifs is 2. The lowest BCUT2D eigenvalue weighted by Crippen LogP contribution is -2.31. The van der Waals surface area contributed by atoms with E-state index in [0.717, 1.165) is 41.3 Å². The maximum absolute atomic E-state index is 13.8. The highest BCUT2D eigenvalue weighted by Crippen LogP contribution is 2.38. The second-order valence-corrected chi connectivity index (χ2v) is 9.05. The first-order chi connectivity index (χ1) is 18.0. The molecule has 1 aliphatic heterocycles. The molecule has 0 radical (unpaired) electrons. The molecule has 2 N–H and O–H groups in total. The lowest BCUT2D eigenvalue weighted by atomic mass is 10.0. The molecule has 9 heteroatoms. The molecule has 0 saturated heterocycles. The first-order valence-corrected chi connectivity index (χ1v) is 12.0. The number of anilines is 2. The predicted octanol–water partition coefficient (Wildman–Crippen LogP) is 6.34. The van der Waals surface area contributed by atoms with Crippen LogP contribution in [0.2, 0.25) is 0 Å². The van der Waals surface area contributed by atoms with Gasteiger partial charge >= 0.3 is 6.18 Å². The van der Waals surface area contributed by atoms with Crippen molar-refractivity contribution in [1.29, 1.82) is 0 Å². The Morgan fingerprint density at radius 2 is 1.62 bits per heavy atom. The van der Waals surface area contributed by atoms with Crippen LogP contribution in [0.4, 0.5) is 24.8 Å². The number of nitrogens with one attached hydrogen (secondary N) is 2. The van der Waals surface area contributed by atoms with Crippen LogP contribution in [-0.4, -0.2) is 31.6 Å². The van der Waals surface area contributed by atoms with Gasteiger partial charge in [0, 0.05) is 42.6 Å². The van der Waals surface area contributed by atoms with Gasteiger partial charge in [0.25, 0.3) is 0 Å². The number of aromatic amines is 1. The molecule has 0 saturated carbocycles. The monoisotopic (exact) mass is 500 g/mol. The standard InChI is InChI=1S/C28H23F3N6/c29-28(30,31)22-12-6-4-10-19(22)25-32-23-14-15-37(16-18-8-2-1-3-9-18)17-21(23)26(33-25)34-27-20-11-5-7-13-24(20)35-36-27/h1-13H,14-17H2,(H2,32,33,34,35,36). The van der Waals surface area contributed by atoms with E-state index in [1.807, 2.05) is 42.5 Å². The minimum atomic E-state index is -4.52. The van der Waals surface area contributed by atoms with Gasteiger partial charge in [-0.3, -0.25) is 10.00 Å². The van der Waals surface area contributed by atoms with Gasteiger partial charge in [-0.15, -0.1) is 0 Å². The molecule has 2 aromatic heterocycles. The van der Waals surface area contributed by atoms with Crippen LogP contribution in [0.15, 0.2) is 78.9 Å². The summed E-state index contributed by atoms with van der Waals surface area (Å²) in [4.78, 5) is 11.6. The molecule has 6 rings (SSSR count). The summed E-state index contributed by atoms with van der Waals surface area (Å²) in [6.07, 6.45) is -3.92. The summed E-state index contributed by atoms with van der Waals surface area (Å²) in [6.45, 7) is 2.06. The molecular weight excluding hydrogens is 477 g/mol. The molecule has 0 spiro atoms. The zero-order valence-electron chi connectivity index (χ0n) is 19.8. The van der Waals surface area contributed by atoms with Gasteiger partial charge in [0.1, 0.15) is 5.82 Å². The first-order valence-electron chi connectivity index (χ1n) is 12.0. The molecule has 0 bridgehead atoms. The van der Waals surface area contributed by atoms with Gasteiger partial charge in [0.2, 0.25) is 0 Å². The van der Waals surface area contributed by atoms with Crippen molar-refractivity contribution in [2.45, 2.75) is 25.7 Å². The van der Waals surface area contributed by atoms with Crippen molar-refractivity contribution in [2.24, 2.45) is 0 Å². The normalized spacial score (nSPS) is 14.0. The van der Waals surface area contributed by atoms with Gasteiger partial charge in [-0.25, -0.2) is 9.97 Å². The number of hydrogen-bond acceptors (Lipinski definition) is 5. The molecule has 3 aromatic carbocycles. The minimum Gasteiger partial charge on any atom is -0.323 e. The Balaban J connectivity index is 1.44. The fourth-order valence-electron chi connectivity index (χ4n) is 4.77. The van der Waals surface area contributed by atoms with E-state index in [1.165, 1.54) is 17.7 Å². The smallest absolute Gasteiger partial charge is 0.323 e. The van der Waals surface area contributed by atoms with Crippen LogP contribution in [0.5, 0.6) is 0 Å². The number of nitrogens with zero attached hydrogens (tertiary/aromatic N) is 4. The number of benzene rings is 3. The third-order valence-corrected chi connectivity index (χ3v) is 6.57. The molecule has 0 unspecified atom stereocenters. The van der Waals surface area contributed by atoms with Crippen molar-refractivity contribution in [1.82, 2.24) is 25.1 Å². The number of rotatable bonds is 5. The fraction of sp³-hybridized carbons (Fsp3) is 0.179. The third kappa shape index (κ3) is 4.65. The van der Waals surface area contributed by atoms with Crippen LogP contribution >= 0.6 is 0 Å². The number of H-pyrrole nitrogens is 1. The van der Waals surface area contributed by atoms with Gasteiger partial charge in [0.05, 0.1) is 16.8 Å². The summed E-state index contributed by atoms with van der Waals surface area (Å²) in [7, 11) is 0. The fourth-order valence-corrected chi connectivity index (χ4v) is 4.77. The lowest BCUT2D eigenvalue weighted by Gasteiger charge is -2.30. The van der Waals surface area contributed by atoms with E-state index >= 15 is 0 Å². The molecule has 0 aliphatic carbocycles. The average Bonchev–Trinajstić information content (AvgIpc) is 3.32. The third-order valence-electron chi connectivity index (χ3n) is 6.57. The van der Waals surface area contributed by atoms with Crippen molar-refractivity contribution in [3.63, 3.8) is 0 Å². The van der Waals surface area contributed by atoms with E-state index in [4.69, 9.17) is 0 Å². The van der Waals surface area contributed by atoms with Gasteiger partial charge in [-0.1, -0.05) is 60.7 Å². The maximum atomic E-state index is 13.8. The Morgan fingerprint density at radius 3 is 2.46 bits per heavy atom. The summed E-state index contributed by atoms with van der Waals surface area (Å²) in [5, 5.41) is 11.6. The second-order valence-electron chi connectivity index (χ2n) is 9.05. The van der Waals surface area contributed by atoms with Crippen molar-refractivity contribution >= 4 is 22.5 Å². The van der Waals surface area contributed by atoms with Crippen LogP contribution in [0.25, 0.3) is 22.3 Å². The number of halogens is 3. The Labute approximate surface area is 211 Å². The average molecular weight is 501 g/mol. The molecule has 6 nitrogen and oxygen atoms in total. The van der Waals surface area contributed by atoms with Crippen LogP contribution in [0, 0.1) is 0 Å². The Morgan fingerprint density at radius 1 is 0.865 bits per heavy atom. The molecule has 5 aromatic rings. The molecule has 0 amide bonds. The molecular formula is C28H23F3N6. The summed E-state index contributed by atoms with van der Waals surface area (Å²) < 4.78 is 41.5. The van der Waals surface area contributed by atoms with Crippen molar-refractivity contribution < 1.29 is 13.2 Å². The van der Waals surface area contributed by atoms with Crippen molar-refractivity contribution in [3.8, 4) is 11.4 Å². The van der Waals surface area contributed by atoms with Gasteiger partial charge in [-0.2, -0.15) is 18.3 Å². The zero-order valence-corrected chi connectivity index (χ0v) is 19.8. The molecule has 37 heavy (non-hydrogen) atoms. The van der Waals surface area contributed by atoms with Crippen molar-refractivity contribution in [3.05, 3.63) is 101 Å². The van der Waals surface area contributed by atoms with E-state index < -0.39 is 11.7 Å². The molecule has 3 heterocycles. The van der Waals surface area contributed by atoms with Gasteiger partial charge < -0.3 is 5.32 Å². The topological polar surface area (TPSA) is 69.7 Å². The summed E-state index contributed by atoms with van der Waals surface area (Å²) in [5.74, 6) is 1.07. The quantitative estimate of drug-likeness (QED) is 0.295. The van der Waals surface area contributed by atoms with Crippen LogP contribution in [-0.2, 0) is 25.7 Å². The summed E-state index contributed by atoms with van der Waals surface area (Å²) in [6, 6.07) is 23.3. The molecule has 1 aliphatic rings. The lowest BCUT2D eigenvalue weighted by molar-refractivity contribution is -0.137. The Kier molecular flexibility index (Phi) is 5.84. The largest absolute Gasteiger partial charge is 0.417 e. The van der Waals surface area contributed by atoms with E-state index in [9.17, 15) is 13.2 Å². The number of alkyl halides is 3. The highest BCUT2D eigenvalue weighted by Gasteiger charge is 2.35. The summed E-state index contributed by atoms with van der Waals surface area (Å²) in [5.41, 5.74) is 2.85. The minimum absolute atomic E-state index is 0.0422. The molecule has 0 atom stereocenters. The molecule has 0 fully saturated rings. The first kappa shape index (κ1) is 23.2. The highest BCUT2D eigenvalue weighted by molar-refractivity contribution is 5.91. The summed E-state index contributed by atoms with van der Waals surface area (Å²) >= 11 is 0. The van der Waals surface area contributed by atoms with E-state index in [2.05, 4.69) is 42.5 Å². The van der Waals surface area contributed by atoms with Crippen LogP contribution in [0.1, 0.15) is 22.4 Å². The Hall–Kier alpha value is -4.24. The van der Waals surface area contributed by atoms with Gasteiger partial charge in [-0.05, 0) is 23.8 Å². The maximum Gasteiger partial charge on any atom is 0.417 e. The highest BCUT2D eigenvalue weighted by atomic mass is 19.4. The SMILES string of the molecule is FC(F)(F)c1ccccc1-c1nc2c(c(Nc3n[nH]c4ccccc34)n1)CN(Cc1ccccc1)CC2. The van der Waals surface area contributed by atoms with Crippen LogP contribution < -0.4 is 5.32 Å². The Bertz CT molecular complexity index is 1560. The van der Waals surface area contributed by atoms with E-state index in [0.29, 0.717) is 24.6 Å². The van der Waals surface area contributed by atoms with E-state index in [1.54, 1.807) is 6.07 Å². The second kappa shape index (κ2) is 9.33. The van der Waals surface area contributed by atoms with Crippen LogP contribution in [0.3, 0.4) is 0 Å². The van der Waals surface area contributed by atoms with E-state index in [-0.39, 0.29) is 11.4 Å². The number of hydrogen-bond donors (Lipinski definition) is 2. The number of aromatic nitrogens is 4. The van der Waals surface area contributed by atoms with Gasteiger partial charge in [0.15, 0.2) is 11.6 Å². The van der Waals surface area contributed by atoms with Crippen molar-refractivity contribution in [2.75, 3.05) is 11.9 Å².